The van der Waals surface area contributed by atoms with E-state index in [2.05, 4.69) is 50.9 Å². The van der Waals surface area contributed by atoms with Crippen LogP contribution < -0.4 is 0 Å². The molecule has 1 aliphatic heterocycles. The highest BCUT2D eigenvalue weighted by atomic mass is 16.5. The smallest absolute Gasteiger partial charge is 0.110 e. The fourth-order valence-electron chi connectivity index (χ4n) is 3.98. The zero-order valence-electron chi connectivity index (χ0n) is 15.8. The summed E-state index contributed by atoms with van der Waals surface area (Å²) in [6.07, 6.45) is 4.63. The monoisotopic (exact) mass is 370 g/mol. The van der Waals surface area contributed by atoms with Crippen LogP contribution in [-0.4, -0.2) is 26.1 Å². The summed E-state index contributed by atoms with van der Waals surface area (Å²) < 4.78 is 8.33. The minimum atomic E-state index is 0.0146. The average Bonchev–Trinajstić information content (AvgIpc) is 3.34. The third kappa shape index (κ3) is 2.94. The fourth-order valence-corrected chi connectivity index (χ4v) is 3.98. The van der Waals surface area contributed by atoms with E-state index < -0.39 is 0 Å². The van der Waals surface area contributed by atoms with Crippen LogP contribution in [0, 0.1) is 6.92 Å². The molecule has 4 aromatic rings. The normalized spacial score (nSPS) is 16.1. The Morgan fingerprint density at radius 2 is 1.86 bits per heavy atom. The van der Waals surface area contributed by atoms with Crippen LogP contribution in [0.1, 0.15) is 22.9 Å². The number of benzene rings is 2. The maximum absolute atomic E-state index is 6.15. The van der Waals surface area contributed by atoms with Gasteiger partial charge < -0.3 is 14.3 Å². The van der Waals surface area contributed by atoms with Gasteiger partial charge in [0.1, 0.15) is 11.8 Å². The SMILES string of the molecule is Cc1[nH]cnc1-c1c(-c2ccccc2)ncn1C[C@H]1OCCc2ccccc21. The molecule has 2 aromatic heterocycles. The molecule has 2 aromatic carbocycles. The Balaban J connectivity index is 1.60. The van der Waals surface area contributed by atoms with E-state index in [0.29, 0.717) is 6.54 Å². The largest absolute Gasteiger partial charge is 0.371 e. The Morgan fingerprint density at radius 1 is 1.04 bits per heavy atom. The van der Waals surface area contributed by atoms with E-state index in [-0.39, 0.29) is 6.10 Å². The van der Waals surface area contributed by atoms with Crippen LogP contribution in [0.2, 0.25) is 0 Å². The Labute approximate surface area is 164 Å². The van der Waals surface area contributed by atoms with Gasteiger partial charge in [-0.2, -0.15) is 0 Å². The minimum Gasteiger partial charge on any atom is -0.371 e. The van der Waals surface area contributed by atoms with Gasteiger partial charge in [-0.1, -0.05) is 54.6 Å². The van der Waals surface area contributed by atoms with Gasteiger partial charge in [-0.3, -0.25) is 0 Å². The van der Waals surface area contributed by atoms with E-state index in [1.807, 2.05) is 31.5 Å². The van der Waals surface area contributed by atoms with Gasteiger partial charge in [0.25, 0.3) is 0 Å². The van der Waals surface area contributed by atoms with E-state index in [1.54, 1.807) is 6.33 Å². The Morgan fingerprint density at radius 3 is 2.68 bits per heavy atom. The summed E-state index contributed by atoms with van der Waals surface area (Å²) in [5.74, 6) is 0. The molecule has 5 nitrogen and oxygen atoms in total. The second kappa shape index (κ2) is 7.09. The van der Waals surface area contributed by atoms with Crippen LogP contribution in [0.15, 0.2) is 67.3 Å². The van der Waals surface area contributed by atoms with Crippen molar-refractivity contribution in [3.63, 3.8) is 0 Å². The first-order valence-corrected chi connectivity index (χ1v) is 9.61. The summed E-state index contributed by atoms with van der Waals surface area (Å²) in [6.45, 7) is 3.50. The van der Waals surface area contributed by atoms with Crippen molar-refractivity contribution in [3.8, 4) is 22.6 Å². The van der Waals surface area contributed by atoms with Crippen LogP contribution in [0.5, 0.6) is 0 Å². The molecule has 1 atom stereocenters. The van der Waals surface area contributed by atoms with Crippen molar-refractivity contribution < 1.29 is 4.74 Å². The molecule has 1 aliphatic rings. The molecule has 0 bridgehead atoms. The van der Waals surface area contributed by atoms with Gasteiger partial charge >= 0.3 is 0 Å². The second-order valence-electron chi connectivity index (χ2n) is 7.14. The molecule has 140 valence electrons. The molecule has 5 heteroatoms. The zero-order chi connectivity index (χ0) is 18.9. The second-order valence-corrected chi connectivity index (χ2v) is 7.14. The lowest BCUT2D eigenvalue weighted by Crippen LogP contribution is -2.20. The maximum atomic E-state index is 6.15. The quantitative estimate of drug-likeness (QED) is 0.573. The number of nitrogens with zero attached hydrogens (tertiary/aromatic N) is 3. The first-order valence-electron chi connectivity index (χ1n) is 9.61. The maximum Gasteiger partial charge on any atom is 0.110 e. The van der Waals surface area contributed by atoms with Crippen LogP contribution in [-0.2, 0) is 17.7 Å². The van der Waals surface area contributed by atoms with E-state index >= 15 is 0 Å². The highest BCUT2D eigenvalue weighted by Gasteiger charge is 2.24. The summed E-state index contributed by atoms with van der Waals surface area (Å²) in [6, 6.07) is 18.8. The Kier molecular flexibility index (Phi) is 4.29. The molecule has 3 heterocycles. The van der Waals surface area contributed by atoms with Crippen molar-refractivity contribution in [1.82, 2.24) is 19.5 Å². The Bertz CT molecular complexity index is 1100. The van der Waals surface area contributed by atoms with Crippen molar-refractivity contribution in [2.75, 3.05) is 6.61 Å². The number of aromatic amines is 1. The predicted molar refractivity (Wildman–Crippen MR) is 109 cm³/mol. The van der Waals surface area contributed by atoms with Crippen molar-refractivity contribution in [3.05, 3.63) is 84.1 Å². The molecular weight excluding hydrogens is 348 g/mol. The number of rotatable bonds is 4. The molecule has 5 rings (SSSR count). The summed E-state index contributed by atoms with van der Waals surface area (Å²) in [7, 11) is 0. The van der Waals surface area contributed by atoms with Crippen LogP contribution in [0.25, 0.3) is 22.6 Å². The highest BCUT2D eigenvalue weighted by molar-refractivity contribution is 5.77. The van der Waals surface area contributed by atoms with Gasteiger partial charge in [-0.15, -0.1) is 0 Å². The number of nitrogens with one attached hydrogen (secondary N) is 1. The van der Waals surface area contributed by atoms with E-state index in [0.717, 1.165) is 41.4 Å². The third-order valence-electron chi connectivity index (χ3n) is 5.39. The van der Waals surface area contributed by atoms with E-state index in [1.165, 1.54) is 11.1 Å². The molecule has 0 radical (unpaired) electrons. The molecule has 0 aliphatic carbocycles. The number of imidazole rings is 2. The van der Waals surface area contributed by atoms with Gasteiger partial charge in [0, 0.05) is 11.3 Å². The summed E-state index contributed by atoms with van der Waals surface area (Å²) in [4.78, 5) is 12.5. The lowest BCUT2D eigenvalue weighted by molar-refractivity contribution is 0.0309. The number of fused-ring (bicyclic) bond motifs is 1. The molecular formula is C23H22N4O. The predicted octanol–water partition coefficient (Wildman–Crippen LogP) is 4.56. The number of aromatic nitrogens is 4. The van der Waals surface area contributed by atoms with E-state index in [4.69, 9.17) is 9.72 Å². The van der Waals surface area contributed by atoms with Crippen molar-refractivity contribution in [2.24, 2.45) is 0 Å². The van der Waals surface area contributed by atoms with Gasteiger partial charge in [0.2, 0.25) is 0 Å². The van der Waals surface area contributed by atoms with Gasteiger partial charge in [-0.25, -0.2) is 9.97 Å². The molecule has 0 spiro atoms. The summed E-state index contributed by atoms with van der Waals surface area (Å²) in [5, 5.41) is 0. The van der Waals surface area contributed by atoms with Crippen molar-refractivity contribution in [2.45, 2.75) is 26.0 Å². The zero-order valence-corrected chi connectivity index (χ0v) is 15.8. The number of aryl methyl sites for hydroxylation is 1. The van der Waals surface area contributed by atoms with Crippen LogP contribution >= 0.6 is 0 Å². The number of hydrogen-bond donors (Lipinski definition) is 1. The first kappa shape index (κ1) is 17.0. The molecule has 0 saturated heterocycles. The molecule has 0 unspecified atom stereocenters. The Hall–Kier alpha value is -3.18. The highest BCUT2D eigenvalue weighted by Crippen LogP contribution is 2.34. The first-order chi connectivity index (χ1) is 13.8. The number of hydrogen-bond acceptors (Lipinski definition) is 3. The summed E-state index contributed by atoms with van der Waals surface area (Å²) in [5.41, 5.74) is 7.66. The van der Waals surface area contributed by atoms with Gasteiger partial charge in [0.15, 0.2) is 0 Å². The summed E-state index contributed by atoms with van der Waals surface area (Å²) >= 11 is 0. The van der Waals surface area contributed by atoms with Gasteiger partial charge in [0.05, 0.1) is 37.2 Å². The molecule has 0 amide bonds. The van der Waals surface area contributed by atoms with Crippen molar-refractivity contribution >= 4 is 0 Å². The van der Waals surface area contributed by atoms with Crippen molar-refractivity contribution in [1.29, 1.82) is 0 Å². The number of ether oxygens (including phenoxy) is 1. The molecule has 28 heavy (non-hydrogen) atoms. The standard InChI is InChI=1S/C23H22N4O/c1-16-21(25-14-24-16)23-22(18-8-3-2-4-9-18)26-15-27(23)13-20-19-10-6-5-7-17(19)11-12-28-20/h2-10,14-15,20H,11-13H2,1H3,(H,24,25)/t20-/m1/s1. The lowest BCUT2D eigenvalue weighted by atomic mass is 9.97. The number of H-pyrrole nitrogens is 1. The third-order valence-corrected chi connectivity index (χ3v) is 5.39. The molecule has 0 fully saturated rings. The van der Waals surface area contributed by atoms with Gasteiger partial charge in [-0.05, 0) is 24.5 Å². The van der Waals surface area contributed by atoms with Crippen LogP contribution in [0.3, 0.4) is 0 Å². The minimum absolute atomic E-state index is 0.0146. The molecule has 0 saturated carbocycles. The molecule has 1 N–H and O–H groups in total. The lowest BCUT2D eigenvalue weighted by Gasteiger charge is -2.27. The fraction of sp³-hybridized carbons (Fsp3) is 0.217. The average molecular weight is 370 g/mol. The van der Waals surface area contributed by atoms with E-state index in [9.17, 15) is 0 Å². The topological polar surface area (TPSA) is 55.7 Å². The van der Waals surface area contributed by atoms with Crippen LogP contribution in [0.4, 0.5) is 0 Å².